The molecule has 0 aliphatic carbocycles. The molecule has 1 heterocycles. The Hall–Kier alpha value is -0.0900. The maximum atomic E-state index is 10.8. The molecule has 0 unspecified atom stereocenters. The molecule has 0 saturated carbocycles. The van der Waals surface area contributed by atoms with Crippen molar-refractivity contribution in [2.24, 2.45) is 16.6 Å². The van der Waals surface area contributed by atoms with E-state index in [2.05, 4.69) is 21.5 Å². The molecule has 3 N–H and O–H groups in total. The Labute approximate surface area is 126 Å². The fraction of sp³-hybridized carbons (Fsp3) is 0.900. The molecule has 108 valence electrons. The van der Waals surface area contributed by atoms with Crippen molar-refractivity contribution in [1.82, 2.24) is 9.62 Å². The van der Waals surface area contributed by atoms with Gasteiger partial charge in [0.05, 0.1) is 12.8 Å². The quantitative estimate of drug-likeness (QED) is 0.311. The molecule has 1 fully saturated rings. The van der Waals surface area contributed by atoms with E-state index < -0.39 is 10.0 Å². The fourth-order valence-electron chi connectivity index (χ4n) is 1.74. The third kappa shape index (κ3) is 7.37. The minimum absolute atomic E-state index is 0. The van der Waals surface area contributed by atoms with E-state index in [0.29, 0.717) is 19.0 Å². The van der Waals surface area contributed by atoms with Crippen LogP contribution in [0.3, 0.4) is 0 Å². The predicted octanol–water partition coefficient (Wildman–Crippen LogP) is 0.200. The van der Waals surface area contributed by atoms with E-state index in [9.17, 15) is 8.42 Å². The molecule has 18 heavy (non-hydrogen) atoms. The van der Waals surface area contributed by atoms with E-state index in [-0.39, 0.29) is 24.0 Å². The number of halogens is 1. The molecule has 1 aliphatic heterocycles. The van der Waals surface area contributed by atoms with Gasteiger partial charge in [-0.3, -0.25) is 4.99 Å². The summed E-state index contributed by atoms with van der Waals surface area (Å²) >= 11 is 0. The molecule has 6 nitrogen and oxygen atoms in total. The summed E-state index contributed by atoms with van der Waals surface area (Å²) < 4.78 is 24.0. The number of guanidine groups is 1. The molecule has 0 aromatic rings. The van der Waals surface area contributed by atoms with Crippen molar-refractivity contribution in [2.75, 3.05) is 32.4 Å². The van der Waals surface area contributed by atoms with Gasteiger partial charge in [0.1, 0.15) is 0 Å². The average Bonchev–Trinajstić information content (AvgIpc) is 2.24. The molecule has 1 rings (SSSR count). The Morgan fingerprint density at radius 1 is 1.44 bits per heavy atom. The number of nitrogens with one attached hydrogen (secondary N) is 1. The summed E-state index contributed by atoms with van der Waals surface area (Å²) in [4.78, 5) is 6.23. The highest BCUT2D eigenvalue weighted by atomic mass is 127. The Bertz CT molecular complexity index is 364. The zero-order chi connectivity index (χ0) is 12.9. The molecular weight excluding hydrogens is 367 g/mol. The Morgan fingerprint density at radius 2 is 2.00 bits per heavy atom. The van der Waals surface area contributed by atoms with E-state index in [1.54, 1.807) is 0 Å². The summed E-state index contributed by atoms with van der Waals surface area (Å²) in [5.41, 5.74) is 5.84. The van der Waals surface area contributed by atoms with Crippen molar-refractivity contribution in [2.45, 2.75) is 19.8 Å². The zero-order valence-electron chi connectivity index (χ0n) is 10.9. The van der Waals surface area contributed by atoms with Gasteiger partial charge in [-0.2, -0.15) is 0 Å². The maximum Gasteiger partial charge on any atom is 0.208 e. The van der Waals surface area contributed by atoms with E-state index >= 15 is 0 Å². The first-order chi connectivity index (χ1) is 7.88. The monoisotopic (exact) mass is 390 g/mol. The lowest BCUT2D eigenvalue weighted by Crippen LogP contribution is -2.42. The number of piperidine rings is 1. The number of nitrogens with zero attached hydrogens (tertiary/aromatic N) is 2. The molecule has 0 radical (unpaired) electrons. The summed E-state index contributed by atoms with van der Waals surface area (Å²) in [6.07, 6.45) is 3.40. The second-order valence-electron chi connectivity index (χ2n) is 4.58. The van der Waals surface area contributed by atoms with Crippen LogP contribution in [-0.4, -0.2) is 51.7 Å². The first-order valence-electron chi connectivity index (χ1n) is 5.88. The number of nitrogens with two attached hydrogens (primary N) is 1. The van der Waals surface area contributed by atoms with Crippen LogP contribution in [0.1, 0.15) is 19.8 Å². The SMILES string of the molecule is CC1CCN(C(N)=NCCNS(C)(=O)=O)CC1.I. The van der Waals surface area contributed by atoms with Gasteiger partial charge in [-0.05, 0) is 18.8 Å². The summed E-state index contributed by atoms with van der Waals surface area (Å²) in [5, 5.41) is 0. The second-order valence-corrected chi connectivity index (χ2v) is 6.41. The standard InChI is InChI=1S/C10H22N4O2S.HI/c1-9-3-7-14(8-4-9)10(11)12-5-6-13-17(2,15)16;/h9,13H,3-8H2,1-2H3,(H2,11,12);1H. The smallest absolute Gasteiger partial charge is 0.208 e. The molecule has 1 saturated heterocycles. The van der Waals surface area contributed by atoms with Gasteiger partial charge in [0.25, 0.3) is 0 Å². The molecule has 0 atom stereocenters. The zero-order valence-corrected chi connectivity index (χ0v) is 14.1. The molecular formula is C10H23IN4O2S. The van der Waals surface area contributed by atoms with Crippen LogP contribution in [0.4, 0.5) is 0 Å². The van der Waals surface area contributed by atoms with Crippen molar-refractivity contribution in [3.05, 3.63) is 0 Å². The Kier molecular flexibility index (Phi) is 8.11. The molecule has 0 aromatic carbocycles. The van der Waals surface area contributed by atoms with E-state index in [1.807, 2.05) is 0 Å². The van der Waals surface area contributed by atoms with Crippen LogP contribution in [0.25, 0.3) is 0 Å². The van der Waals surface area contributed by atoms with Gasteiger partial charge in [0.2, 0.25) is 10.0 Å². The van der Waals surface area contributed by atoms with Crippen molar-refractivity contribution < 1.29 is 8.42 Å². The van der Waals surface area contributed by atoms with Gasteiger partial charge >= 0.3 is 0 Å². The third-order valence-electron chi connectivity index (χ3n) is 2.86. The van der Waals surface area contributed by atoms with Gasteiger partial charge < -0.3 is 10.6 Å². The van der Waals surface area contributed by atoms with Crippen LogP contribution in [0.2, 0.25) is 0 Å². The Balaban J connectivity index is 0.00000289. The van der Waals surface area contributed by atoms with Crippen LogP contribution in [0.15, 0.2) is 4.99 Å². The van der Waals surface area contributed by atoms with Crippen molar-refractivity contribution >= 4 is 40.0 Å². The third-order valence-corrected chi connectivity index (χ3v) is 3.59. The fourth-order valence-corrected chi connectivity index (χ4v) is 2.20. The van der Waals surface area contributed by atoms with Gasteiger partial charge in [-0.1, -0.05) is 6.92 Å². The van der Waals surface area contributed by atoms with Crippen LogP contribution >= 0.6 is 24.0 Å². The summed E-state index contributed by atoms with van der Waals surface area (Å²) in [5.74, 6) is 1.28. The number of rotatable bonds is 4. The number of hydrogen-bond acceptors (Lipinski definition) is 3. The highest BCUT2D eigenvalue weighted by molar-refractivity contribution is 14.0. The number of hydrogen-bond donors (Lipinski definition) is 2. The van der Waals surface area contributed by atoms with Gasteiger partial charge in [-0.25, -0.2) is 13.1 Å². The van der Waals surface area contributed by atoms with Gasteiger partial charge in [-0.15, -0.1) is 24.0 Å². The minimum atomic E-state index is -3.13. The van der Waals surface area contributed by atoms with E-state index in [0.717, 1.165) is 38.1 Å². The predicted molar refractivity (Wildman–Crippen MR) is 84.7 cm³/mol. The number of aliphatic imine (C=N–C) groups is 1. The highest BCUT2D eigenvalue weighted by Crippen LogP contribution is 2.15. The van der Waals surface area contributed by atoms with Crippen molar-refractivity contribution in [1.29, 1.82) is 0 Å². The lowest BCUT2D eigenvalue weighted by atomic mass is 10.00. The largest absolute Gasteiger partial charge is 0.370 e. The van der Waals surface area contributed by atoms with Gasteiger partial charge in [0, 0.05) is 19.6 Å². The second kappa shape index (κ2) is 8.16. The maximum absolute atomic E-state index is 10.8. The van der Waals surface area contributed by atoms with Crippen LogP contribution in [-0.2, 0) is 10.0 Å². The molecule has 0 amide bonds. The molecule has 0 spiro atoms. The molecule has 0 bridgehead atoms. The van der Waals surface area contributed by atoms with Crippen molar-refractivity contribution in [3.63, 3.8) is 0 Å². The molecule has 1 aliphatic rings. The highest BCUT2D eigenvalue weighted by Gasteiger charge is 2.16. The molecule has 0 aromatic heterocycles. The van der Waals surface area contributed by atoms with Crippen molar-refractivity contribution in [3.8, 4) is 0 Å². The van der Waals surface area contributed by atoms with E-state index in [1.165, 1.54) is 0 Å². The van der Waals surface area contributed by atoms with Gasteiger partial charge in [0.15, 0.2) is 5.96 Å². The number of likely N-dealkylation sites (tertiary alicyclic amines) is 1. The normalized spacial score (nSPS) is 18.6. The average molecular weight is 390 g/mol. The lowest BCUT2D eigenvalue weighted by molar-refractivity contribution is 0.277. The topological polar surface area (TPSA) is 87.8 Å². The first-order valence-corrected chi connectivity index (χ1v) is 7.77. The summed E-state index contributed by atoms with van der Waals surface area (Å²) in [6, 6.07) is 0. The summed E-state index contributed by atoms with van der Waals surface area (Å²) in [7, 11) is -3.13. The summed E-state index contributed by atoms with van der Waals surface area (Å²) in [6.45, 7) is 4.79. The van der Waals surface area contributed by atoms with Crippen LogP contribution < -0.4 is 10.5 Å². The number of sulfonamides is 1. The molecule has 8 heteroatoms. The Morgan fingerprint density at radius 3 is 2.50 bits per heavy atom. The first kappa shape index (κ1) is 17.9. The van der Waals surface area contributed by atoms with Crippen LogP contribution in [0, 0.1) is 5.92 Å². The van der Waals surface area contributed by atoms with E-state index in [4.69, 9.17) is 5.73 Å². The minimum Gasteiger partial charge on any atom is -0.370 e. The van der Waals surface area contributed by atoms with Crippen LogP contribution in [0.5, 0.6) is 0 Å². The lowest BCUT2D eigenvalue weighted by Gasteiger charge is -2.31.